The van der Waals surface area contributed by atoms with Crippen LogP contribution in [0.5, 0.6) is 0 Å². The van der Waals surface area contributed by atoms with Crippen LogP contribution in [0.2, 0.25) is 0 Å². The summed E-state index contributed by atoms with van der Waals surface area (Å²) in [6.07, 6.45) is 0.925. The first kappa shape index (κ1) is 11.7. The number of nitrogens with zero attached hydrogens (tertiary/aromatic N) is 4. The summed E-state index contributed by atoms with van der Waals surface area (Å²) in [6.45, 7) is 4.00. The van der Waals surface area contributed by atoms with Crippen LogP contribution in [-0.4, -0.2) is 20.2 Å². The summed E-state index contributed by atoms with van der Waals surface area (Å²) in [6, 6.07) is 10.2. The molecule has 0 amide bonds. The van der Waals surface area contributed by atoms with Gasteiger partial charge in [-0.3, -0.25) is 0 Å². The number of tetrazole rings is 1. The van der Waals surface area contributed by atoms with Crippen LogP contribution in [-0.2, 0) is 0 Å². The van der Waals surface area contributed by atoms with E-state index >= 15 is 0 Å². The molecule has 1 heterocycles. The topological polar surface area (TPSA) is 69.6 Å². The van der Waals surface area contributed by atoms with Crippen LogP contribution >= 0.6 is 0 Å². The number of hydrogen-bond acceptors (Lipinski definition) is 4. The Morgan fingerprint density at radius 2 is 2.00 bits per heavy atom. The number of hydrogen-bond donors (Lipinski definition) is 1. The Morgan fingerprint density at radius 3 is 2.59 bits per heavy atom. The average Bonchev–Trinajstić information content (AvgIpc) is 2.81. The van der Waals surface area contributed by atoms with Crippen molar-refractivity contribution in [1.82, 2.24) is 20.2 Å². The van der Waals surface area contributed by atoms with Crippen molar-refractivity contribution in [3.8, 4) is 0 Å². The standard InChI is InChI=1S/C12H17N5/c1-3-11(10-7-5-4-6-8-10)17-12(9(2)13)14-15-16-17/h4-9,11H,3,13H2,1-2H3. The lowest BCUT2D eigenvalue weighted by Gasteiger charge is -2.17. The molecule has 0 radical (unpaired) electrons. The van der Waals surface area contributed by atoms with Crippen molar-refractivity contribution in [2.75, 3.05) is 0 Å². The van der Waals surface area contributed by atoms with E-state index in [1.807, 2.05) is 29.8 Å². The van der Waals surface area contributed by atoms with Gasteiger partial charge in [0, 0.05) is 0 Å². The van der Waals surface area contributed by atoms with Crippen molar-refractivity contribution in [1.29, 1.82) is 0 Å². The molecule has 2 unspecified atom stereocenters. The summed E-state index contributed by atoms with van der Waals surface area (Å²) in [5, 5.41) is 11.8. The minimum absolute atomic E-state index is 0.146. The number of rotatable bonds is 4. The third-order valence-electron chi connectivity index (χ3n) is 2.79. The molecular formula is C12H17N5. The van der Waals surface area contributed by atoms with Crippen LogP contribution in [0.25, 0.3) is 0 Å². The second kappa shape index (κ2) is 5.05. The Kier molecular flexibility index (Phi) is 3.49. The normalized spacial score (nSPS) is 14.5. The third-order valence-corrected chi connectivity index (χ3v) is 2.79. The van der Waals surface area contributed by atoms with Crippen molar-refractivity contribution in [2.24, 2.45) is 5.73 Å². The van der Waals surface area contributed by atoms with Gasteiger partial charge in [-0.2, -0.15) is 0 Å². The fourth-order valence-corrected chi connectivity index (χ4v) is 1.95. The molecule has 90 valence electrons. The number of nitrogens with two attached hydrogens (primary N) is 1. The van der Waals surface area contributed by atoms with Crippen molar-refractivity contribution in [3.63, 3.8) is 0 Å². The average molecular weight is 231 g/mol. The molecule has 2 atom stereocenters. The molecule has 0 spiro atoms. The summed E-state index contributed by atoms with van der Waals surface area (Å²) < 4.78 is 1.82. The molecule has 0 bridgehead atoms. The zero-order valence-electron chi connectivity index (χ0n) is 10.1. The molecule has 5 heteroatoms. The van der Waals surface area contributed by atoms with Crippen LogP contribution in [0.15, 0.2) is 30.3 Å². The van der Waals surface area contributed by atoms with E-state index in [1.165, 1.54) is 5.56 Å². The highest BCUT2D eigenvalue weighted by molar-refractivity contribution is 5.19. The fraction of sp³-hybridized carbons (Fsp3) is 0.417. The predicted octanol–water partition coefficient (Wildman–Crippen LogP) is 1.69. The fourth-order valence-electron chi connectivity index (χ4n) is 1.95. The van der Waals surface area contributed by atoms with Gasteiger partial charge in [0.25, 0.3) is 0 Å². The van der Waals surface area contributed by atoms with Crippen LogP contribution < -0.4 is 5.73 Å². The molecule has 2 N–H and O–H groups in total. The molecule has 0 saturated heterocycles. The number of benzene rings is 1. The van der Waals surface area contributed by atoms with Crippen LogP contribution in [0, 0.1) is 0 Å². The zero-order valence-corrected chi connectivity index (χ0v) is 10.1. The van der Waals surface area contributed by atoms with Crippen LogP contribution in [0.1, 0.15) is 43.7 Å². The summed E-state index contributed by atoms with van der Waals surface area (Å²) in [5.74, 6) is 0.723. The first-order valence-electron chi connectivity index (χ1n) is 5.82. The Morgan fingerprint density at radius 1 is 1.29 bits per heavy atom. The first-order valence-corrected chi connectivity index (χ1v) is 5.82. The van der Waals surface area contributed by atoms with Crippen molar-refractivity contribution in [2.45, 2.75) is 32.4 Å². The summed E-state index contributed by atoms with van der Waals surface area (Å²) in [5.41, 5.74) is 7.06. The molecule has 2 rings (SSSR count). The van der Waals surface area contributed by atoms with Gasteiger partial charge in [0.2, 0.25) is 0 Å². The quantitative estimate of drug-likeness (QED) is 0.869. The molecular weight excluding hydrogens is 214 g/mol. The van der Waals surface area contributed by atoms with Gasteiger partial charge < -0.3 is 5.73 Å². The van der Waals surface area contributed by atoms with Gasteiger partial charge in [0.05, 0.1) is 12.1 Å². The van der Waals surface area contributed by atoms with Gasteiger partial charge in [-0.15, -0.1) is 5.10 Å². The molecule has 2 aromatic rings. The number of aromatic nitrogens is 4. The Bertz CT molecular complexity index is 463. The SMILES string of the molecule is CCC(c1ccccc1)n1nnnc1C(C)N. The van der Waals surface area contributed by atoms with Crippen molar-refractivity contribution in [3.05, 3.63) is 41.7 Å². The van der Waals surface area contributed by atoms with Crippen molar-refractivity contribution < 1.29 is 0 Å². The molecule has 1 aromatic heterocycles. The van der Waals surface area contributed by atoms with Gasteiger partial charge in [0.15, 0.2) is 5.82 Å². The maximum Gasteiger partial charge on any atom is 0.168 e. The molecule has 0 fully saturated rings. The second-order valence-electron chi connectivity index (χ2n) is 4.11. The van der Waals surface area contributed by atoms with E-state index in [-0.39, 0.29) is 12.1 Å². The molecule has 17 heavy (non-hydrogen) atoms. The van der Waals surface area contributed by atoms with E-state index in [2.05, 4.69) is 34.6 Å². The van der Waals surface area contributed by atoms with E-state index in [0.29, 0.717) is 0 Å². The summed E-state index contributed by atoms with van der Waals surface area (Å²) in [4.78, 5) is 0. The minimum Gasteiger partial charge on any atom is -0.322 e. The van der Waals surface area contributed by atoms with E-state index in [4.69, 9.17) is 5.73 Å². The minimum atomic E-state index is -0.164. The smallest absolute Gasteiger partial charge is 0.168 e. The first-order chi connectivity index (χ1) is 8.24. The summed E-state index contributed by atoms with van der Waals surface area (Å²) in [7, 11) is 0. The molecule has 0 aliphatic rings. The Labute approximate surface area is 101 Å². The van der Waals surface area contributed by atoms with Gasteiger partial charge >= 0.3 is 0 Å². The molecule has 1 aromatic carbocycles. The molecule has 5 nitrogen and oxygen atoms in total. The lowest BCUT2D eigenvalue weighted by molar-refractivity contribution is 0.463. The second-order valence-corrected chi connectivity index (χ2v) is 4.11. The van der Waals surface area contributed by atoms with Crippen molar-refractivity contribution >= 4 is 0 Å². The summed E-state index contributed by atoms with van der Waals surface area (Å²) >= 11 is 0. The van der Waals surface area contributed by atoms with E-state index in [0.717, 1.165) is 12.2 Å². The highest BCUT2D eigenvalue weighted by Gasteiger charge is 2.19. The van der Waals surface area contributed by atoms with Gasteiger partial charge in [-0.25, -0.2) is 4.68 Å². The molecule has 0 aliphatic carbocycles. The van der Waals surface area contributed by atoms with Crippen LogP contribution in [0.3, 0.4) is 0 Å². The van der Waals surface area contributed by atoms with E-state index in [1.54, 1.807) is 0 Å². The lowest BCUT2D eigenvalue weighted by atomic mass is 10.0. The maximum absolute atomic E-state index is 5.87. The monoisotopic (exact) mass is 231 g/mol. The molecule has 0 aliphatic heterocycles. The van der Waals surface area contributed by atoms with Gasteiger partial charge in [-0.05, 0) is 29.3 Å². The van der Waals surface area contributed by atoms with Gasteiger partial charge in [0.1, 0.15) is 0 Å². The maximum atomic E-state index is 5.87. The van der Waals surface area contributed by atoms with Gasteiger partial charge in [-0.1, -0.05) is 37.3 Å². The third kappa shape index (κ3) is 2.34. The predicted molar refractivity (Wildman–Crippen MR) is 65.3 cm³/mol. The largest absolute Gasteiger partial charge is 0.322 e. The Balaban J connectivity index is 2.39. The lowest BCUT2D eigenvalue weighted by Crippen LogP contribution is -2.19. The highest BCUT2D eigenvalue weighted by atomic mass is 15.6. The highest BCUT2D eigenvalue weighted by Crippen LogP contribution is 2.22. The Hall–Kier alpha value is -1.75. The van der Waals surface area contributed by atoms with E-state index < -0.39 is 0 Å². The van der Waals surface area contributed by atoms with E-state index in [9.17, 15) is 0 Å². The van der Waals surface area contributed by atoms with Crippen LogP contribution in [0.4, 0.5) is 0 Å². The zero-order chi connectivity index (χ0) is 12.3. The molecule has 0 saturated carbocycles.